The fraction of sp³-hybridized carbons (Fsp3) is 0.412. The Hall–Kier alpha value is -2.01. The molecule has 1 aromatic rings. The van der Waals surface area contributed by atoms with Gasteiger partial charge in [0.25, 0.3) is 5.91 Å². The van der Waals surface area contributed by atoms with Crippen molar-refractivity contribution in [3.8, 4) is 5.75 Å². The number of amides is 2. The maximum atomic E-state index is 12.7. The number of benzene rings is 1. The predicted octanol–water partition coefficient (Wildman–Crippen LogP) is 2.50. The smallest absolute Gasteiger partial charge is 0.257 e. The number of hydrogen-bond donors (Lipinski definition) is 1. The number of hydrogen-bond acceptors (Lipinski definition) is 3. The molecule has 5 nitrogen and oxygen atoms in total. The quantitative estimate of drug-likeness (QED) is 0.840. The molecule has 1 saturated heterocycles. The first-order valence-electron chi connectivity index (χ1n) is 7.58. The number of carbonyl (C=O) groups is 2. The van der Waals surface area contributed by atoms with Crippen molar-refractivity contribution in [2.75, 3.05) is 26.7 Å². The second-order valence-electron chi connectivity index (χ2n) is 5.44. The number of nitrogens with one attached hydrogen (secondary N) is 1. The Morgan fingerprint density at radius 2 is 2.13 bits per heavy atom. The Kier molecular flexibility index (Phi) is 6.04. The fourth-order valence-corrected chi connectivity index (χ4v) is 2.85. The number of piperidine rings is 1. The summed E-state index contributed by atoms with van der Waals surface area (Å²) in [4.78, 5) is 26.3. The molecule has 1 aliphatic heterocycles. The van der Waals surface area contributed by atoms with Crippen LogP contribution in [0.1, 0.15) is 23.2 Å². The van der Waals surface area contributed by atoms with Gasteiger partial charge in [-0.1, -0.05) is 17.7 Å². The van der Waals surface area contributed by atoms with Crippen LogP contribution in [-0.2, 0) is 4.79 Å². The van der Waals surface area contributed by atoms with E-state index in [1.54, 1.807) is 29.2 Å². The first-order valence-corrected chi connectivity index (χ1v) is 7.96. The van der Waals surface area contributed by atoms with Crippen LogP contribution in [0.15, 0.2) is 30.9 Å². The van der Waals surface area contributed by atoms with Crippen LogP contribution in [0.4, 0.5) is 0 Å². The molecule has 0 spiro atoms. The van der Waals surface area contributed by atoms with E-state index in [0.717, 1.165) is 0 Å². The number of nitrogens with zero attached hydrogens (tertiary/aromatic N) is 1. The van der Waals surface area contributed by atoms with Gasteiger partial charge in [-0.3, -0.25) is 9.59 Å². The van der Waals surface area contributed by atoms with Crippen LogP contribution in [0.5, 0.6) is 5.75 Å². The molecule has 0 saturated carbocycles. The van der Waals surface area contributed by atoms with Gasteiger partial charge in [-0.15, -0.1) is 6.58 Å². The van der Waals surface area contributed by atoms with E-state index < -0.39 is 0 Å². The van der Waals surface area contributed by atoms with E-state index >= 15 is 0 Å². The van der Waals surface area contributed by atoms with Crippen molar-refractivity contribution in [1.82, 2.24) is 10.2 Å². The van der Waals surface area contributed by atoms with Crippen molar-refractivity contribution < 1.29 is 14.3 Å². The van der Waals surface area contributed by atoms with Gasteiger partial charge in [-0.2, -0.15) is 0 Å². The van der Waals surface area contributed by atoms with Crippen LogP contribution in [0.25, 0.3) is 0 Å². The molecule has 1 aromatic carbocycles. The van der Waals surface area contributed by atoms with Gasteiger partial charge in [-0.05, 0) is 31.0 Å². The van der Waals surface area contributed by atoms with E-state index in [2.05, 4.69) is 11.9 Å². The minimum Gasteiger partial charge on any atom is -0.496 e. The lowest BCUT2D eigenvalue weighted by molar-refractivity contribution is -0.126. The molecule has 1 fully saturated rings. The highest BCUT2D eigenvalue weighted by Gasteiger charge is 2.28. The molecular weight excluding hydrogens is 316 g/mol. The lowest BCUT2D eigenvalue weighted by atomic mass is 9.95. The minimum absolute atomic E-state index is 0.0253. The standard InChI is InChI=1S/C17H21ClN2O3/c1-3-8-19-16(21)12-6-9-20(10-7-12)17(22)14-11-13(18)4-5-15(14)23-2/h3-5,11-12H,1,6-10H2,2H3,(H,19,21). The van der Waals surface area contributed by atoms with Gasteiger partial charge in [0.15, 0.2) is 0 Å². The lowest BCUT2D eigenvalue weighted by Crippen LogP contribution is -2.43. The van der Waals surface area contributed by atoms with E-state index in [0.29, 0.717) is 48.8 Å². The first kappa shape index (κ1) is 17.3. The summed E-state index contributed by atoms with van der Waals surface area (Å²) in [6.45, 7) is 5.13. The average molecular weight is 337 g/mol. The van der Waals surface area contributed by atoms with Crippen molar-refractivity contribution in [3.05, 3.63) is 41.4 Å². The van der Waals surface area contributed by atoms with Crippen LogP contribution in [0.2, 0.25) is 5.02 Å². The van der Waals surface area contributed by atoms with E-state index in [9.17, 15) is 9.59 Å². The topological polar surface area (TPSA) is 58.6 Å². The van der Waals surface area contributed by atoms with Crippen molar-refractivity contribution in [1.29, 1.82) is 0 Å². The summed E-state index contributed by atoms with van der Waals surface area (Å²) in [5.74, 6) is 0.358. The molecule has 1 N–H and O–H groups in total. The molecule has 124 valence electrons. The van der Waals surface area contributed by atoms with Gasteiger partial charge >= 0.3 is 0 Å². The lowest BCUT2D eigenvalue weighted by Gasteiger charge is -2.31. The Labute approximate surface area is 141 Å². The number of rotatable bonds is 5. The number of halogens is 1. The van der Waals surface area contributed by atoms with E-state index in [-0.39, 0.29) is 17.7 Å². The number of carbonyl (C=O) groups excluding carboxylic acids is 2. The maximum Gasteiger partial charge on any atom is 0.257 e. The molecule has 0 unspecified atom stereocenters. The molecular formula is C17H21ClN2O3. The summed E-state index contributed by atoms with van der Waals surface area (Å²) < 4.78 is 5.24. The zero-order valence-corrected chi connectivity index (χ0v) is 13.9. The zero-order valence-electron chi connectivity index (χ0n) is 13.2. The molecule has 2 rings (SSSR count). The minimum atomic E-state index is -0.116. The summed E-state index contributed by atoms with van der Waals surface area (Å²) in [6, 6.07) is 4.99. The summed E-state index contributed by atoms with van der Waals surface area (Å²) in [7, 11) is 1.52. The zero-order chi connectivity index (χ0) is 16.8. The van der Waals surface area contributed by atoms with Gasteiger partial charge in [-0.25, -0.2) is 0 Å². The number of methoxy groups -OCH3 is 1. The van der Waals surface area contributed by atoms with Crippen molar-refractivity contribution in [2.24, 2.45) is 5.92 Å². The van der Waals surface area contributed by atoms with Gasteiger partial charge in [0, 0.05) is 30.6 Å². The van der Waals surface area contributed by atoms with Crippen LogP contribution in [0, 0.1) is 5.92 Å². The average Bonchev–Trinajstić information content (AvgIpc) is 2.59. The third-order valence-corrected chi connectivity index (χ3v) is 4.20. The first-order chi connectivity index (χ1) is 11.1. The Balaban J connectivity index is 2.00. The monoisotopic (exact) mass is 336 g/mol. The number of ether oxygens (including phenoxy) is 1. The Morgan fingerprint density at radius 1 is 1.43 bits per heavy atom. The van der Waals surface area contributed by atoms with Crippen LogP contribution in [-0.4, -0.2) is 43.5 Å². The van der Waals surface area contributed by atoms with Gasteiger partial charge < -0.3 is 15.0 Å². The maximum absolute atomic E-state index is 12.7. The summed E-state index contributed by atoms with van der Waals surface area (Å²) in [6.07, 6.45) is 2.96. The Bertz CT molecular complexity index is 596. The molecule has 0 aliphatic carbocycles. The van der Waals surface area contributed by atoms with Crippen molar-refractivity contribution >= 4 is 23.4 Å². The molecule has 0 bridgehead atoms. The molecule has 0 aromatic heterocycles. The summed E-state index contributed by atoms with van der Waals surface area (Å²) in [5, 5.41) is 3.30. The fourth-order valence-electron chi connectivity index (χ4n) is 2.68. The molecule has 2 amide bonds. The van der Waals surface area contributed by atoms with E-state index in [4.69, 9.17) is 16.3 Å². The van der Waals surface area contributed by atoms with Gasteiger partial charge in [0.2, 0.25) is 5.91 Å². The largest absolute Gasteiger partial charge is 0.496 e. The second kappa shape index (κ2) is 8.02. The SMILES string of the molecule is C=CCNC(=O)C1CCN(C(=O)c2cc(Cl)ccc2OC)CC1. The van der Waals surface area contributed by atoms with Gasteiger partial charge in [0.05, 0.1) is 12.7 Å². The van der Waals surface area contributed by atoms with E-state index in [1.807, 2.05) is 0 Å². The van der Waals surface area contributed by atoms with Crippen LogP contribution in [0.3, 0.4) is 0 Å². The predicted molar refractivity (Wildman–Crippen MR) is 89.8 cm³/mol. The molecule has 6 heteroatoms. The summed E-state index contributed by atoms with van der Waals surface area (Å²) in [5.41, 5.74) is 0.453. The van der Waals surface area contributed by atoms with Crippen LogP contribution < -0.4 is 10.1 Å². The molecule has 1 heterocycles. The third-order valence-electron chi connectivity index (χ3n) is 3.97. The van der Waals surface area contributed by atoms with Gasteiger partial charge in [0.1, 0.15) is 5.75 Å². The second-order valence-corrected chi connectivity index (χ2v) is 5.88. The number of likely N-dealkylation sites (tertiary alicyclic amines) is 1. The molecule has 0 radical (unpaired) electrons. The van der Waals surface area contributed by atoms with Crippen LogP contribution >= 0.6 is 11.6 Å². The third kappa shape index (κ3) is 4.26. The highest BCUT2D eigenvalue weighted by molar-refractivity contribution is 6.31. The highest BCUT2D eigenvalue weighted by Crippen LogP contribution is 2.26. The van der Waals surface area contributed by atoms with Crippen molar-refractivity contribution in [2.45, 2.75) is 12.8 Å². The molecule has 0 atom stereocenters. The highest BCUT2D eigenvalue weighted by atomic mass is 35.5. The molecule has 1 aliphatic rings. The summed E-state index contributed by atoms with van der Waals surface area (Å²) >= 11 is 5.98. The van der Waals surface area contributed by atoms with E-state index in [1.165, 1.54) is 7.11 Å². The Morgan fingerprint density at radius 3 is 2.74 bits per heavy atom. The normalized spacial score (nSPS) is 15.1. The van der Waals surface area contributed by atoms with Crippen molar-refractivity contribution in [3.63, 3.8) is 0 Å². The molecule has 23 heavy (non-hydrogen) atoms.